The van der Waals surface area contributed by atoms with Gasteiger partial charge in [0.25, 0.3) is 0 Å². The van der Waals surface area contributed by atoms with Crippen molar-refractivity contribution in [2.75, 3.05) is 6.61 Å². The first kappa shape index (κ1) is 7.62. The van der Waals surface area contributed by atoms with Crippen LogP contribution in [-0.2, 0) is 0 Å². The maximum Gasteiger partial charge on any atom is 0.119 e. The number of ether oxygens (including phenoxy) is 1. The Bertz CT molecular complexity index is 378. The first-order chi connectivity index (χ1) is 5.90. The van der Waals surface area contributed by atoms with Gasteiger partial charge in [0.1, 0.15) is 5.75 Å². The Labute approximate surface area is 75.6 Å². The van der Waals surface area contributed by atoms with E-state index in [1.807, 2.05) is 25.1 Å². The molecule has 1 radical (unpaired) electrons. The molecule has 0 aliphatic heterocycles. The van der Waals surface area contributed by atoms with E-state index in [0.29, 0.717) is 0 Å². The van der Waals surface area contributed by atoms with Gasteiger partial charge in [0, 0.05) is 5.39 Å². The summed E-state index contributed by atoms with van der Waals surface area (Å²) in [6, 6.07) is 6.07. The van der Waals surface area contributed by atoms with Crippen LogP contribution in [0.15, 0.2) is 23.6 Å². The zero-order chi connectivity index (χ0) is 8.39. The highest BCUT2D eigenvalue weighted by Gasteiger charge is 1.96. The molecule has 0 atom stereocenters. The minimum Gasteiger partial charge on any atom is -0.494 e. The molecule has 1 heterocycles. The second kappa shape index (κ2) is 3.15. The Morgan fingerprint density at radius 3 is 3.25 bits per heavy atom. The van der Waals surface area contributed by atoms with Crippen molar-refractivity contribution >= 4 is 22.1 Å². The molecule has 0 bridgehead atoms. The van der Waals surface area contributed by atoms with Crippen molar-refractivity contribution in [3.63, 3.8) is 0 Å². The molecule has 0 fully saturated rings. The summed E-state index contributed by atoms with van der Waals surface area (Å²) in [7, 11) is 0. The van der Waals surface area contributed by atoms with Crippen LogP contribution in [-0.4, -0.2) is 6.61 Å². The van der Waals surface area contributed by atoms with E-state index < -0.39 is 0 Å². The molecule has 0 spiro atoms. The Kier molecular flexibility index (Phi) is 2.00. The van der Waals surface area contributed by atoms with E-state index in [0.717, 1.165) is 12.4 Å². The number of rotatable bonds is 2. The van der Waals surface area contributed by atoms with Crippen LogP contribution in [0, 0.1) is 5.38 Å². The van der Waals surface area contributed by atoms with E-state index in [2.05, 4.69) is 10.8 Å². The van der Waals surface area contributed by atoms with Gasteiger partial charge in [0.05, 0.1) is 12.0 Å². The Morgan fingerprint density at radius 1 is 1.50 bits per heavy atom. The zero-order valence-electron chi connectivity index (χ0n) is 6.83. The van der Waals surface area contributed by atoms with Gasteiger partial charge < -0.3 is 4.74 Å². The van der Waals surface area contributed by atoms with E-state index in [1.54, 1.807) is 11.3 Å². The van der Waals surface area contributed by atoms with Crippen molar-refractivity contribution in [2.24, 2.45) is 0 Å². The summed E-state index contributed by atoms with van der Waals surface area (Å²) in [6.07, 6.45) is 0. The quantitative estimate of drug-likeness (QED) is 0.685. The topological polar surface area (TPSA) is 9.23 Å². The number of fused-ring (bicyclic) bond motifs is 1. The van der Waals surface area contributed by atoms with Crippen LogP contribution < -0.4 is 4.74 Å². The predicted octanol–water partition coefficient (Wildman–Crippen LogP) is 3.10. The molecule has 0 saturated heterocycles. The van der Waals surface area contributed by atoms with Crippen molar-refractivity contribution in [1.82, 2.24) is 0 Å². The lowest BCUT2D eigenvalue weighted by Crippen LogP contribution is -1.89. The number of hydrogen-bond donors (Lipinski definition) is 0. The third-order valence-electron chi connectivity index (χ3n) is 1.69. The molecule has 2 aromatic rings. The average molecular weight is 177 g/mol. The van der Waals surface area contributed by atoms with Gasteiger partial charge in [-0.3, -0.25) is 0 Å². The van der Waals surface area contributed by atoms with Crippen LogP contribution in [0.2, 0.25) is 0 Å². The summed E-state index contributed by atoms with van der Waals surface area (Å²) in [5, 5.41) is 7.64. The lowest BCUT2D eigenvalue weighted by atomic mass is 10.2. The van der Waals surface area contributed by atoms with Crippen molar-refractivity contribution < 1.29 is 4.74 Å². The van der Waals surface area contributed by atoms with E-state index in [-0.39, 0.29) is 0 Å². The number of thiophene rings is 1. The fourth-order valence-electron chi connectivity index (χ4n) is 1.14. The highest BCUT2D eigenvalue weighted by Crippen LogP contribution is 2.23. The fraction of sp³-hybridized carbons (Fsp3) is 0.200. The molecule has 0 aliphatic carbocycles. The Hall–Kier alpha value is -1.02. The largest absolute Gasteiger partial charge is 0.494 e. The summed E-state index contributed by atoms with van der Waals surface area (Å²) in [4.78, 5) is 0. The highest BCUT2D eigenvalue weighted by atomic mass is 32.1. The first-order valence-electron chi connectivity index (χ1n) is 3.92. The standard InChI is InChI=1S/C10H9OS/c1-2-11-10-4-3-8-6-12-7-9(8)5-10/h3-5,7H,2H2,1H3. The van der Waals surface area contributed by atoms with Crippen LogP contribution in [0.4, 0.5) is 0 Å². The molecule has 2 rings (SSSR count). The van der Waals surface area contributed by atoms with Gasteiger partial charge in [0.15, 0.2) is 0 Å². The summed E-state index contributed by atoms with van der Waals surface area (Å²) >= 11 is 1.60. The van der Waals surface area contributed by atoms with Crippen molar-refractivity contribution in [2.45, 2.75) is 6.92 Å². The number of hydrogen-bond acceptors (Lipinski definition) is 2. The van der Waals surface area contributed by atoms with Gasteiger partial charge in [-0.1, -0.05) is 0 Å². The van der Waals surface area contributed by atoms with Gasteiger partial charge in [-0.05, 0) is 35.9 Å². The molecule has 0 unspecified atom stereocenters. The summed E-state index contributed by atoms with van der Waals surface area (Å²) in [5.74, 6) is 0.941. The molecule has 0 N–H and O–H groups in total. The van der Waals surface area contributed by atoms with Gasteiger partial charge in [-0.2, -0.15) is 0 Å². The molecule has 0 saturated carbocycles. The second-order valence-electron chi connectivity index (χ2n) is 2.52. The summed E-state index contributed by atoms with van der Waals surface area (Å²) < 4.78 is 5.37. The molecule has 12 heavy (non-hydrogen) atoms. The average Bonchev–Trinajstić information content (AvgIpc) is 2.51. The molecule has 1 aromatic heterocycles. The van der Waals surface area contributed by atoms with Crippen molar-refractivity contribution in [3.8, 4) is 5.75 Å². The first-order valence-corrected chi connectivity index (χ1v) is 4.80. The normalized spacial score (nSPS) is 10.4. The molecular formula is C10H9OS. The molecule has 1 aromatic carbocycles. The van der Waals surface area contributed by atoms with Crippen LogP contribution in [0.1, 0.15) is 6.92 Å². The highest BCUT2D eigenvalue weighted by molar-refractivity contribution is 7.08. The minimum absolute atomic E-state index is 0.722. The fourth-order valence-corrected chi connectivity index (χ4v) is 1.84. The molecule has 0 aliphatic rings. The second-order valence-corrected chi connectivity index (χ2v) is 3.20. The van der Waals surface area contributed by atoms with Crippen LogP contribution in [0.25, 0.3) is 10.8 Å². The Balaban J connectivity index is 2.46. The van der Waals surface area contributed by atoms with Crippen molar-refractivity contribution in [1.29, 1.82) is 0 Å². The summed E-state index contributed by atoms with van der Waals surface area (Å²) in [6.45, 7) is 2.71. The van der Waals surface area contributed by atoms with Gasteiger partial charge in [-0.15, -0.1) is 11.3 Å². The molecule has 0 amide bonds. The van der Waals surface area contributed by atoms with E-state index >= 15 is 0 Å². The van der Waals surface area contributed by atoms with E-state index in [4.69, 9.17) is 4.74 Å². The van der Waals surface area contributed by atoms with E-state index in [9.17, 15) is 0 Å². The Morgan fingerprint density at radius 2 is 2.42 bits per heavy atom. The molecular weight excluding hydrogens is 168 g/mol. The van der Waals surface area contributed by atoms with E-state index in [1.165, 1.54) is 10.8 Å². The lowest BCUT2D eigenvalue weighted by Gasteiger charge is -2.01. The summed E-state index contributed by atoms with van der Waals surface area (Å²) in [5.41, 5.74) is 0. The third-order valence-corrected chi connectivity index (χ3v) is 2.40. The van der Waals surface area contributed by atoms with Crippen LogP contribution >= 0.6 is 11.3 Å². The van der Waals surface area contributed by atoms with Gasteiger partial charge >= 0.3 is 0 Å². The minimum atomic E-state index is 0.722. The van der Waals surface area contributed by atoms with Crippen LogP contribution in [0.5, 0.6) is 5.75 Å². The van der Waals surface area contributed by atoms with Gasteiger partial charge in [-0.25, -0.2) is 0 Å². The predicted molar refractivity (Wildman–Crippen MR) is 51.8 cm³/mol. The maximum absolute atomic E-state index is 5.37. The maximum atomic E-state index is 5.37. The third kappa shape index (κ3) is 1.30. The smallest absolute Gasteiger partial charge is 0.119 e. The van der Waals surface area contributed by atoms with Gasteiger partial charge in [0.2, 0.25) is 0 Å². The molecule has 1 nitrogen and oxygen atoms in total. The lowest BCUT2D eigenvalue weighted by molar-refractivity contribution is 0.341. The monoisotopic (exact) mass is 177 g/mol. The SMILES string of the molecule is CCOc1ccc2[c]scc2c1. The van der Waals surface area contributed by atoms with Crippen molar-refractivity contribution in [3.05, 3.63) is 29.0 Å². The zero-order valence-corrected chi connectivity index (χ0v) is 7.65. The number of benzene rings is 1. The molecule has 61 valence electrons. The molecule has 2 heteroatoms. The van der Waals surface area contributed by atoms with Crippen LogP contribution in [0.3, 0.4) is 0 Å².